The van der Waals surface area contributed by atoms with Gasteiger partial charge >= 0.3 is 6.18 Å². The Morgan fingerprint density at radius 2 is 1.72 bits per heavy atom. The number of nitrogens with two attached hydrogens (primary N) is 1. The van der Waals surface area contributed by atoms with Gasteiger partial charge in [0.1, 0.15) is 5.82 Å². The molecule has 0 saturated heterocycles. The van der Waals surface area contributed by atoms with Crippen LogP contribution in [-0.4, -0.2) is 27.0 Å². The number of halogens is 6. The van der Waals surface area contributed by atoms with Crippen molar-refractivity contribution in [3.63, 3.8) is 0 Å². The van der Waals surface area contributed by atoms with Gasteiger partial charge in [0.25, 0.3) is 0 Å². The number of hydrogen-bond acceptors (Lipinski definition) is 4. The van der Waals surface area contributed by atoms with Crippen molar-refractivity contribution < 1.29 is 26.3 Å². The van der Waals surface area contributed by atoms with Crippen LogP contribution in [0.4, 0.5) is 26.3 Å². The van der Waals surface area contributed by atoms with E-state index in [0.717, 1.165) is 6.07 Å². The Kier molecular flexibility index (Phi) is 5.02. The zero-order valence-corrected chi connectivity index (χ0v) is 15.2. The lowest BCUT2D eigenvalue weighted by molar-refractivity contribution is -0.145. The summed E-state index contributed by atoms with van der Waals surface area (Å²) < 4.78 is 79.3. The second kappa shape index (κ2) is 7.24. The highest BCUT2D eigenvalue weighted by Crippen LogP contribution is 2.38. The third kappa shape index (κ3) is 3.83. The number of benzene rings is 1. The SMILES string of the molecule is NC1CC(N2Cc3cnc(C(F)(F)F)nc3C2)CC[C@@H]1c1cc(F)c(F)cc1F. The predicted molar refractivity (Wildman–Crippen MR) is 91.0 cm³/mol. The van der Waals surface area contributed by atoms with Gasteiger partial charge in [0.15, 0.2) is 11.6 Å². The summed E-state index contributed by atoms with van der Waals surface area (Å²) in [5.41, 5.74) is 7.26. The fourth-order valence-corrected chi connectivity index (χ4v) is 4.30. The Labute approximate surface area is 162 Å². The first-order valence-corrected chi connectivity index (χ1v) is 9.19. The van der Waals surface area contributed by atoms with E-state index >= 15 is 0 Å². The second-order valence-electron chi connectivity index (χ2n) is 7.59. The Bertz CT molecular complexity index is 932. The molecule has 1 aliphatic carbocycles. The van der Waals surface area contributed by atoms with Crippen LogP contribution in [0.25, 0.3) is 0 Å². The molecular weight excluding hydrogens is 398 g/mol. The summed E-state index contributed by atoms with van der Waals surface area (Å²) in [7, 11) is 0. The van der Waals surface area contributed by atoms with Crippen molar-refractivity contribution in [2.24, 2.45) is 5.73 Å². The van der Waals surface area contributed by atoms with E-state index in [4.69, 9.17) is 5.73 Å². The highest BCUT2D eigenvalue weighted by Gasteiger charge is 2.39. The number of alkyl halides is 3. The van der Waals surface area contributed by atoms with Gasteiger partial charge in [0.05, 0.1) is 5.69 Å². The van der Waals surface area contributed by atoms with Crippen LogP contribution in [0.5, 0.6) is 0 Å². The minimum absolute atomic E-state index is 0.0295. The fourth-order valence-electron chi connectivity index (χ4n) is 4.30. The van der Waals surface area contributed by atoms with E-state index in [2.05, 4.69) is 9.97 Å². The molecule has 1 aromatic heterocycles. The van der Waals surface area contributed by atoms with Crippen LogP contribution in [0, 0.1) is 17.5 Å². The van der Waals surface area contributed by atoms with E-state index in [-0.39, 0.29) is 18.2 Å². The van der Waals surface area contributed by atoms with Gasteiger partial charge in [-0.1, -0.05) is 0 Å². The van der Waals surface area contributed by atoms with Crippen molar-refractivity contribution in [1.82, 2.24) is 14.9 Å². The molecule has 0 spiro atoms. The maximum absolute atomic E-state index is 14.1. The Hall–Kier alpha value is -2.20. The molecule has 2 aromatic rings. The number of fused-ring (bicyclic) bond motifs is 1. The molecule has 2 N–H and O–H groups in total. The van der Waals surface area contributed by atoms with E-state index in [1.165, 1.54) is 6.20 Å². The number of hydrogen-bond donors (Lipinski definition) is 1. The second-order valence-corrected chi connectivity index (χ2v) is 7.59. The topological polar surface area (TPSA) is 55.0 Å². The van der Waals surface area contributed by atoms with Crippen LogP contribution in [-0.2, 0) is 19.3 Å². The van der Waals surface area contributed by atoms with Gasteiger partial charge in [-0.15, -0.1) is 0 Å². The minimum atomic E-state index is -4.60. The maximum atomic E-state index is 14.1. The quantitative estimate of drug-likeness (QED) is 0.596. The monoisotopic (exact) mass is 416 g/mol. The smallest absolute Gasteiger partial charge is 0.327 e. The zero-order valence-electron chi connectivity index (χ0n) is 15.2. The number of aromatic nitrogens is 2. The third-order valence-electron chi connectivity index (χ3n) is 5.76. The number of nitrogens with zero attached hydrogens (tertiary/aromatic N) is 3. The molecule has 1 fully saturated rings. The highest BCUT2D eigenvalue weighted by molar-refractivity contribution is 5.27. The van der Waals surface area contributed by atoms with Crippen molar-refractivity contribution in [2.45, 2.75) is 56.5 Å². The standard InChI is InChI=1S/C19H18F6N4/c20-13-5-15(22)14(21)4-12(13)11-2-1-10(3-16(11)26)29-7-9-6-27-18(19(23,24)25)28-17(9)8-29/h4-6,10-11,16H,1-3,7-8,26H2/t10?,11-,16?/m1/s1. The van der Waals surface area contributed by atoms with Crippen molar-refractivity contribution in [1.29, 1.82) is 0 Å². The lowest BCUT2D eigenvalue weighted by Crippen LogP contribution is -2.44. The van der Waals surface area contributed by atoms with E-state index in [1.807, 2.05) is 4.90 Å². The van der Waals surface area contributed by atoms with E-state index in [9.17, 15) is 26.3 Å². The lowest BCUT2D eigenvalue weighted by Gasteiger charge is -2.38. The largest absolute Gasteiger partial charge is 0.451 e. The van der Waals surface area contributed by atoms with Gasteiger partial charge in [0, 0.05) is 48.9 Å². The summed E-state index contributed by atoms with van der Waals surface area (Å²) in [4.78, 5) is 9.03. The van der Waals surface area contributed by atoms with E-state index < -0.39 is 41.4 Å². The van der Waals surface area contributed by atoms with E-state index in [0.29, 0.717) is 43.1 Å². The fraction of sp³-hybridized carbons (Fsp3) is 0.474. The molecule has 156 valence electrons. The van der Waals surface area contributed by atoms with Gasteiger partial charge in [-0.2, -0.15) is 13.2 Å². The average molecular weight is 416 g/mol. The lowest BCUT2D eigenvalue weighted by atomic mass is 9.77. The molecule has 0 radical (unpaired) electrons. The van der Waals surface area contributed by atoms with Gasteiger partial charge < -0.3 is 5.73 Å². The number of rotatable bonds is 2. The highest BCUT2D eigenvalue weighted by atomic mass is 19.4. The Morgan fingerprint density at radius 1 is 1.00 bits per heavy atom. The molecule has 1 saturated carbocycles. The molecule has 2 aliphatic rings. The van der Waals surface area contributed by atoms with Crippen molar-refractivity contribution in [3.8, 4) is 0 Å². The Balaban J connectivity index is 1.46. The van der Waals surface area contributed by atoms with Crippen molar-refractivity contribution in [3.05, 3.63) is 58.4 Å². The summed E-state index contributed by atoms with van der Waals surface area (Å²) in [6.07, 6.45) is -1.88. The molecule has 0 amide bonds. The van der Waals surface area contributed by atoms with Gasteiger partial charge in [-0.05, 0) is 30.9 Å². The first-order chi connectivity index (χ1) is 13.6. The van der Waals surface area contributed by atoms with Crippen LogP contribution in [0.15, 0.2) is 18.3 Å². The molecule has 29 heavy (non-hydrogen) atoms. The third-order valence-corrected chi connectivity index (χ3v) is 5.76. The summed E-state index contributed by atoms with van der Waals surface area (Å²) >= 11 is 0. The summed E-state index contributed by atoms with van der Waals surface area (Å²) in [6, 6.07) is 0.860. The minimum Gasteiger partial charge on any atom is -0.327 e. The van der Waals surface area contributed by atoms with Crippen LogP contribution < -0.4 is 5.73 Å². The normalized spacial score (nSPS) is 25.3. The first kappa shape index (κ1) is 20.1. The average Bonchev–Trinajstić information content (AvgIpc) is 3.07. The molecule has 1 aromatic carbocycles. The van der Waals surface area contributed by atoms with Crippen molar-refractivity contribution >= 4 is 0 Å². The van der Waals surface area contributed by atoms with Gasteiger partial charge in [-0.25, -0.2) is 23.1 Å². The predicted octanol–water partition coefficient (Wildman–Crippen LogP) is 3.89. The molecule has 3 atom stereocenters. The maximum Gasteiger partial charge on any atom is 0.451 e. The van der Waals surface area contributed by atoms with Crippen LogP contribution in [0.2, 0.25) is 0 Å². The molecule has 4 rings (SSSR count). The molecule has 0 bridgehead atoms. The Morgan fingerprint density at radius 3 is 2.41 bits per heavy atom. The first-order valence-electron chi connectivity index (χ1n) is 9.19. The molecule has 2 heterocycles. The van der Waals surface area contributed by atoms with E-state index in [1.54, 1.807) is 0 Å². The van der Waals surface area contributed by atoms with Crippen LogP contribution in [0.3, 0.4) is 0 Å². The molecule has 10 heteroatoms. The van der Waals surface area contributed by atoms with Crippen molar-refractivity contribution in [2.75, 3.05) is 0 Å². The zero-order chi connectivity index (χ0) is 20.9. The van der Waals surface area contributed by atoms with Gasteiger partial charge in [-0.3, -0.25) is 4.90 Å². The molecule has 4 nitrogen and oxygen atoms in total. The summed E-state index contributed by atoms with van der Waals surface area (Å²) in [5.74, 6) is -4.81. The van der Waals surface area contributed by atoms with Crippen LogP contribution >= 0.6 is 0 Å². The molecular formula is C19H18F6N4. The molecule has 2 unspecified atom stereocenters. The molecule has 1 aliphatic heterocycles. The van der Waals surface area contributed by atoms with Gasteiger partial charge in [0.2, 0.25) is 5.82 Å². The van der Waals surface area contributed by atoms with Crippen LogP contribution in [0.1, 0.15) is 47.8 Å². The summed E-state index contributed by atoms with van der Waals surface area (Å²) in [6.45, 7) is 0.664. The summed E-state index contributed by atoms with van der Waals surface area (Å²) in [5, 5.41) is 0.